The summed E-state index contributed by atoms with van der Waals surface area (Å²) in [5.74, 6) is -0.261. The lowest BCUT2D eigenvalue weighted by atomic mass is 10.2. The Bertz CT molecular complexity index is 321. The lowest BCUT2D eigenvalue weighted by Crippen LogP contribution is -2.25. The minimum atomic E-state index is -0.366. The van der Waals surface area contributed by atoms with E-state index in [0.29, 0.717) is 12.3 Å². The van der Waals surface area contributed by atoms with Crippen molar-refractivity contribution >= 4 is 17.3 Å². The van der Waals surface area contributed by atoms with Crippen molar-refractivity contribution in [2.75, 3.05) is 11.9 Å². The van der Waals surface area contributed by atoms with E-state index < -0.39 is 0 Å². The molecule has 14 heavy (non-hydrogen) atoms. The van der Waals surface area contributed by atoms with E-state index in [1.54, 1.807) is 18.2 Å². The summed E-state index contributed by atoms with van der Waals surface area (Å²) in [6.07, 6.45) is 0.808. The number of rotatable bonds is 2. The molecule has 1 fully saturated rings. The molecule has 1 heterocycles. The van der Waals surface area contributed by atoms with E-state index in [1.165, 1.54) is 6.07 Å². The molecule has 1 aromatic carbocycles. The van der Waals surface area contributed by atoms with Crippen molar-refractivity contribution in [2.45, 2.75) is 18.0 Å². The topological polar surface area (TPSA) is 21.3 Å². The summed E-state index contributed by atoms with van der Waals surface area (Å²) in [7, 11) is 0. The second-order valence-electron chi connectivity index (χ2n) is 3.24. The molecule has 1 aromatic rings. The van der Waals surface area contributed by atoms with Gasteiger partial charge in [-0.25, -0.2) is 4.39 Å². The van der Waals surface area contributed by atoms with Gasteiger partial charge in [-0.2, -0.15) is 0 Å². The Morgan fingerprint density at radius 3 is 2.86 bits per heavy atom. The molecule has 0 aromatic heterocycles. The zero-order valence-electron chi connectivity index (χ0n) is 7.54. The molecule has 0 radical (unpaired) electrons. The molecule has 1 aliphatic rings. The Balaban J connectivity index is 2.07. The molecule has 1 N–H and O–H groups in total. The van der Waals surface area contributed by atoms with Crippen molar-refractivity contribution in [1.82, 2.24) is 0 Å². The SMILES string of the molecule is Fc1ccccc1NC1CCOC1Cl. The predicted octanol–water partition coefficient (Wildman–Crippen LogP) is 2.59. The predicted molar refractivity (Wildman–Crippen MR) is 54.0 cm³/mol. The maximum absolute atomic E-state index is 13.2. The van der Waals surface area contributed by atoms with Crippen LogP contribution in [0.15, 0.2) is 24.3 Å². The molecule has 2 unspecified atom stereocenters. The lowest BCUT2D eigenvalue weighted by Gasteiger charge is -2.16. The second-order valence-corrected chi connectivity index (χ2v) is 3.67. The van der Waals surface area contributed by atoms with E-state index in [0.717, 1.165) is 6.42 Å². The first kappa shape index (κ1) is 9.74. The standard InChI is InChI=1S/C10H11ClFNO/c11-10-9(5-6-14-10)13-8-4-2-1-3-7(8)12/h1-4,9-10,13H,5-6H2. The van der Waals surface area contributed by atoms with Crippen LogP contribution in [0.2, 0.25) is 0 Å². The van der Waals surface area contributed by atoms with Gasteiger partial charge in [-0.05, 0) is 18.6 Å². The average Bonchev–Trinajstić information content (AvgIpc) is 2.56. The van der Waals surface area contributed by atoms with Crippen LogP contribution in [-0.4, -0.2) is 18.2 Å². The molecule has 0 bridgehead atoms. The van der Waals surface area contributed by atoms with Gasteiger partial charge in [0, 0.05) is 0 Å². The van der Waals surface area contributed by atoms with E-state index in [9.17, 15) is 4.39 Å². The summed E-state index contributed by atoms with van der Waals surface area (Å²) >= 11 is 5.87. The van der Waals surface area contributed by atoms with Crippen LogP contribution >= 0.6 is 11.6 Å². The quantitative estimate of drug-likeness (QED) is 0.766. The van der Waals surface area contributed by atoms with Gasteiger partial charge < -0.3 is 10.1 Å². The largest absolute Gasteiger partial charge is 0.376 e. The number of hydrogen-bond donors (Lipinski definition) is 1. The number of benzene rings is 1. The van der Waals surface area contributed by atoms with Crippen molar-refractivity contribution in [3.05, 3.63) is 30.1 Å². The molecule has 2 atom stereocenters. The lowest BCUT2D eigenvalue weighted by molar-refractivity contribution is 0.165. The molecule has 2 rings (SSSR count). The van der Waals surface area contributed by atoms with Crippen LogP contribution in [0.1, 0.15) is 6.42 Å². The van der Waals surface area contributed by atoms with Gasteiger partial charge in [-0.15, -0.1) is 0 Å². The minimum Gasteiger partial charge on any atom is -0.376 e. The Labute approximate surface area is 87.0 Å². The highest BCUT2D eigenvalue weighted by Gasteiger charge is 2.26. The van der Waals surface area contributed by atoms with E-state index in [1.807, 2.05) is 0 Å². The molecule has 4 heteroatoms. The number of ether oxygens (including phenoxy) is 1. The van der Waals surface area contributed by atoms with Crippen LogP contribution in [0.4, 0.5) is 10.1 Å². The number of hydrogen-bond acceptors (Lipinski definition) is 2. The summed E-state index contributed by atoms with van der Waals surface area (Å²) in [5.41, 5.74) is 0.114. The Kier molecular flexibility index (Phi) is 2.89. The molecule has 0 saturated carbocycles. The van der Waals surface area contributed by atoms with Gasteiger partial charge in [0.25, 0.3) is 0 Å². The normalized spacial score (nSPS) is 26.4. The summed E-state index contributed by atoms with van der Waals surface area (Å²) < 4.78 is 18.4. The fourth-order valence-electron chi connectivity index (χ4n) is 1.47. The van der Waals surface area contributed by atoms with Gasteiger partial charge in [0.05, 0.1) is 18.3 Å². The van der Waals surface area contributed by atoms with E-state index in [2.05, 4.69) is 5.32 Å². The fraction of sp³-hybridized carbons (Fsp3) is 0.400. The van der Waals surface area contributed by atoms with E-state index >= 15 is 0 Å². The van der Waals surface area contributed by atoms with Crippen molar-refractivity contribution in [1.29, 1.82) is 0 Å². The highest BCUT2D eigenvalue weighted by atomic mass is 35.5. The summed E-state index contributed by atoms with van der Waals surface area (Å²) in [4.78, 5) is 0. The van der Waals surface area contributed by atoms with Gasteiger partial charge >= 0.3 is 0 Å². The molecule has 76 valence electrons. The molecule has 1 aliphatic heterocycles. The van der Waals surface area contributed by atoms with Gasteiger partial charge in [0.15, 0.2) is 5.56 Å². The Hall–Kier alpha value is -0.800. The zero-order valence-corrected chi connectivity index (χ0v) is 8.30. The number of halogens is 2. The van der Waals surface area contributed by atoms with Crippen molar-refractivity contribution in [2.24, 2.45) is 0 Å². The van der Waals surface area contributed by atoms with Crippen molar-refractivity contribution in [3.63, 3.8) is 0 Å². The van der Waals surface area contributed by atoms with E-state index in [4.69, 9.17) is 16.3 Å². The maximum atomic E-state index is 13.2. The first-order valence-corrected chi connectivity index (χ1v) is 4.98. The molecular formula is C10H11ClFNO. The van der Waals surface area contributed by atoms with Crippen LogP contribution in [0.3, 0.4) is 0 Å². The smallest absolute Gasteiger partial charge is 0.151 e. The third kappa shape index (κ3) is 1.99. The number of anilines is 1. The first-order valence-electron chi connectivity index (χ1n) is 4.54. The molecule has 0 amide bonds. The maximum Gasteiger partial charge on any atom is 0.151 e. The molecule has 1 saturated heterocycles. The van der Waals surface area contributed by atoms with Crippen LogP contribution in [0, 0.1) is 5.82 Å². The zero-order chi connectivity index (χ0) is 9.97. The number of alkyl halides is 1. The third-order valence-corrected chi connectivity index (χ3v) is 2.67. The van der Waals surface area contributed by atoms with Crippen LogP contribution in [-0.2, 0) is 4.74 Å². The molecule has 0 spiro atoms. The van der Waals surface area contributed by atoms with Gasteiger partial charge in [-0.1, -0.05) is 23.7 Å². The average molecular weight is 216 g/mol. The van der Waals surface area contributed by atoms with Crippen molar-refractivity contribution in [3.8, 4) is 0 Å². The van der Waals surface area contributed by atoms with Crippen molar-refractivity contribution < 1.29 is 9.13 Å². The van der Waals surface area contributed by atoms with Gasteiger partial charge in [0.2, 0.25) is 0 Å². The minimum absolute atomic E-state index is 0.00596. The highest BCUT2D eigenvalue weighted by Crippen LogP contribution is 2.22. The third-order valence-electron chi connectivity index (χ3n) is 2.24. The van der Waals surface area contributed by atoms with Gasteiger partial charge in [0.1, 0.15) is 5.82 Å². The summed E-state index contributed by atoms with van der Waals surface area (Å²) in [5, 5.41) is 3.03. The van der Waals surface area contributed by atoms with Crippen LogP contribution in [0.25, 0.3) is 0 Å². The fourth-order valence-corrected chi connectivity index (χ4v) is 1.75. The van der Waals surface area contributed by atoms with Gasteiger partial charge in [-0.3, -0.25) is 0 Å². The summed E-state index contributed by atoms with van der Waals surface area (Å²) in [6, 6.07) is 6.54. The summed E-state index contributed by atoms with van der Waals surface area (Å²) in [6.45, 7) is 0.625. The van der Waals surface area contributed by atoms with E-state index in [-0.39, 0.29) is 17.4 Å². The number of nitrogens with one attached hydrogen (secondary N) is 1. The molecule has 2 nitrogen and oxygen atoms in total. The Morgan fingerprint density at radius 2 is 2.21 bits per heavy atom. The molecular weight excluding hydrogens is 205 g/mol. The highest BCUT2D eigenvalue weighted by molar-refractivity contribution is 6.20. The second kappa shape index (κ2) is 4.15. The Morgan fingerprint density at radius 1 is 1.43 bits per heavy atom. The first-order chi connectivity index (χ1) is 6.77. The van der Waals surface area contributed by atoms with Crippen LogP contribution in [0.5, 0.6) is 0 Å². The number of para-hydroxylation sites is 1. The molecule has 0 aliphatic carbocycles. The van der Waals surface area contributed by atoms with Crippen LogP contribution < -0.4 is 5.32 Å². The monoisotopic (exact) mass is 215 g/mol.